The average Bonchev–Trinajstić information content (AvgIpc) is 3.82. The highest BCUT2D eigenvalue weighted by Gasteiger charge is 2.68. The molecule has 3 aromatic carbocycles. The number of allylic oxidation sites excluding steroid dienone is 2. The zero-order valence-corrected chi connectivity index (χ0v) is 24.1. The molecule has 0 N–H and O–H groups in total. The molecule has 3 aromatic rings. The van der Waals surface area contributed by atoms with Crippen molar-refractivity contribution >= 4 is 29.5 Å². The summed E-state index contributed by atoms with van der Waals surface area (Å²) in [7, 11) is 0. The number of aryl methyl sites for hydroxylation is 1. The second-order valence-electron chi connectivity index (χ2n) is 12.2. The van der Waals surface area contributed by atoms with E-state index in [1.807, 2.05) is 49.4 Å². The van der Waals surface area contributed by atoms with E-state index < -0.39 is 42.2 Å². The number of amides is 2. The third kappa shape index (κ3) is 4.94. The van der Waals surface area contributed by atoms with Gasteiger partial charge in [-0.3, -0.25) is 19.3 Å². The number of likely N-dealkylation sites (tertiary alicyclic amines) is 1. The minimum Gasteiger partial charge on any atom is -0.456 e. The molecular weight excluding hydrogens is 558 g/mol. The fourth-order valence-corrected chi connectivity index (χ4v) is 7.29. The zero-order valence-electron chi connectivity index (χ0n) is 24.1. The van der Waals surface area contributed by atoms with Crippen molar-refractivity contribution in [2.75, 3.05) is 6.61 Å². The Morgan fingerprint density at radius 2 is 1.39 bits per heavy atom. The lowest BCUT2D eigenvalue weighted by Gasteiger charge is -2.37. The monoisotopic (exact) mass is 589 g/mol. The Balaban J connectivity index is 1.03. The maximum absolute atomic E-state index is 13.8. The number of carbonyl (C=O) groups is 5. The Morgan fingerprint density at radius 1 is 0.795 bits per heavy atom. The van der Waals surface area contributed by atoms with E-state index in [0.717, 1.165) is 22.4 Å². The quantitative estimate of drug-likeness (QED) is 0.118. The van der Waals surface area contributed by atoms with Crippen molar-refractivity contribution in [1.82, 2.24) is 4.90 Å². The number of esters is 2. The van der Waals surface area contributed by atoms with Gasteiger partial charge in [0.1, 0.15) is 11.8 Å². The Hall–Kier alpha value is -4.85. The van der Waals surface area contributed by atoms with Crippen LogP contribution in [0.25, 0.3) is 0 Å². The van der Waals surface area contributed by atoms with Gasteiger partial charge in [0.2, 0.25) is 11.8 Å². The summed E-state index contributed by atoms with van der Waals surface area (Å²) in [5.74, 6) is -2.07. The van der Waals surface area contributed by atoms with Crippen LogP contribution in [0.3, 0.4) is 0 Å². The van der Waals surface area contributed by atoms with Crippen LogP contribution in [0, 0.1) is 42.4 Å². The van der Waals surface area contributed by atoms with Gasteiger partial charge in [-0.2, -0.15) is 0 Å². The Bertz CT molecular complexity index is 1640. The molecule has 2 saturated carbocycles. The van der Waals surface area contributed by atoms with Crippen LogP contribution in [0.2, 0.25) is 0 Å². The predicted octanol–water partition coefficient (Wildman–Crippen LogP) is 4.60. The number of hydrogen-bond donors (Lipinski definition) is 0. The normalized spacial score (nSPS) is 26.5. The van der Waals surface area contributed by atoms with Crippen molar-refractivity contribution in [2.45, 2.75) is 25.8 Å². The summed E-state index contributed by atoms with van der Waals surface area (Å²) in [5.41, 5.74) is 2.46. The number of ketones is 1. The van der Waals surface area contributed by atoms with Crippen LogP contribution in [-0.2, 0) is 25.5 Å². The molecule has 0 radical (unpaired) electrons. The molecule has 1 heterocycles. The summed E-state index contributed by atoms with van der Waals surface area (Å²) in [4.78, 5) is 67.6. The standard InChI is InChI=1S/C36H31NO7/c1-20-7-9-23(10-8-20)35(41)44-24-13-11-22(12-14-24)30(38)19-43-36(42)29(17-21-5-3-2-4-6-21)37-33(39)31-25-15-16-26(28-18-27(25)28)32(31)34(37)40/h2-16,25-29,31-32H,17-19H2,1H3. The SMILES string of the molecule is Cc1ccc(C(=O)Oc2ccc(C(=O)COC(=O)C(Cc3ccccc3)N3C(=O)C4C5C=CC(C6CC56)C4C3=O)cc2)cc1. The van der Waals surface area contributed by atoms with E-state index in [9.17, 15) is 24.0 Å². The molecule has 4 aliphatic carbocycles. The van der Waals surface area contributed by atoms with Gasteiger partial charge in [-0.25, -0.2) is 9.59 Å². The van der Waals surface area contributed by atoms with E-state index in [-0.39, 0.29) is 41.4 Å². The Labute approximate surface area is 254 Å². The van der Waals surface area contributed by atoms with Gasteiger partial charge in [0.15, 0.2) is 12.4 Å². The van der Waals surface area contributed by atoms with Crippen molar-refractivity contribution in [2.24, 2.45) is 35.5 Å². The highest BCUT2D eigenvalue weighted by molar-refractivity contribution is 6.09. The summed E-state index contributed by atoms with van der Waals surface area (Å²) >= 11 is 0. The van der Waals surface area contributed by atoms with E-state index in [1.165, 1.54) is 24.3 Å². The third-order valence-corrected chi connectivity index (χ3v) is 9.57. The minimum absolute atomic E-state index is 0.0329. The van der Waals surface area contributed by atoms with Crippen LogP contribution in [0.4, 0.5) is 0 Å². The van der Waals surface area contributed by atoms with Gasteiger partial charge in [-0.15, -0.1) is 0 Å². The summed E-state index contributed by atoms with van der Waals surface area (Å²) in [6.07, 6.45) is 5.32. The molecule has 1 aliphatic heterocycles. The van der Waals surface area contributed by atoms with Crippen molar-refractivity contribution < 1.29 is 33.4 Å². The number of benzene rings is 3. The number of rotatable bonds is 9. The van der Waals surface area contributed by atoms with Gasteiger partial charge < -0.3 is 9.47 Å². The van der Waals surface area contributed by atoms with Crippen LogP contribution < -0.4 is 4.74 Å². The molecule has 8 heteroatoms. The molecule has 8 nitrogen and oxygen atoms in total. The van der Waals surface area contributed by atoms with Gasteiger partial charge >= 0.3 is 11.9 Å². The highest BCUT2D eigenvalue weighted by Crippen LogP contribution is 2.65. The van der Waals surface area contributed by atoms with Crippen molar-refractivity contribution in [3.8, 4) is 5.75 Å². The second-order valence-corrected chi connectivity index (χ2v) is 12.2. The summed E-state index contributed by atoms with van der Waals surface area (Å²) in [6.45, 7) is 1.36. The molecule has 7 unspecified atom stereocenters. The summed E-state index contributed by atoms with van der Waals surface area (Å²) in [5, 5.41) is 0. The van der Waals surface area contributed by atoms with Crippen LogP contribution in [0.1, 0.15) is 38.3 Å². The summed E-state index contributed by atoms with van der Waals surface area (Å²) in [6, 6.07) is 20.9. The maximum Gasteiger partial charge on any atom is 0.343 e. The lowest BCUT2D eigenvalue weighted by atomic mass is 9.63. The van der Waals surface area contributed by atoms with Gasteiger partial charge in [-0.1, -0.05) is 60.2 Å². The number of nitrogens with zero attached hydrogens (tertiary/aromatic N) is 1. The lowest BCUT2D eigenvalue weighted by Crippen LogP contribution is -2.48. The number of Topliss-reactive ketones (excluding diaryl/α,β-unsaturated/α-hetero) is 1. The molecule has 2 bridgehead atoms. The first kappa shape index (κ1) is 28.0. The molecule has 1 saturated heterocycles. The van der Waals surface area contributed by atoms with Crippen molar-refractivity contribution in [3.05, 3.63) is 113 Å². The molecule has 222 valence electrons. The largest absolute Gasteiger partial charge is 0.456 e. The highest BCUT2D eigenvalue weighted by atomic mass is 16.5. The Morgan fingerprint density at radius 3 is 2.00 bits per heavy atom. The number of ether oxygens (including phenoxy) is 2. The first-order valence-corrected chi connectivity index (χ1v) is 15.0. The van der Waals surface area contributed by atoms with Gasteiger partial charge in [0, 0.05) is 12.0 Å². The number of hydrogen-bond acceptors (Lipinski definition) is 7. The topological polar surface area (TPSA) is 107 Å². The smallest absolute Gasteiger partial charge is 0.343 e. The predicted molar refractivity (Wildman–Crippen MR) is 158 cm³/mol. The van der Waals surface area contributed by atoms with E-state index in [0.29, 0.717) is 17.4 Å². The fraction of sp³-hybridized carbons (Fsp3) is 0.306. The fourth-order valence-electron chi connectivity index (χ4n) is 7.29. The van der Waals surface area contributed by atoms with Crippen LogP contribution in [0.5, 0.6) is 5.75 Å². The van der Waals surface area contributed by atoms with Crippen LogP contribution in [-0.4, -0.2) is 47.1 Å². The summed E-state index contributed by atoms with van der Waals surface area (Å²) < 4.78 is 10.9. The maximum atomic E-state index is 13.8. The molecule has 5 aliphatic rings. The molecule has 3 fully saturated rings. The number of imide groups is 1. The van der Waals surface area contributed by atoms with Crippen molar-refractivity contribution in [1.29, 1.82) is 0 Å². The van der Waals surface area contributed by atoms with Crippen molar-refractivity contribution in [3.63, 3.8) is 0 Å². The minimum atomic E-state index is -1.17. The van der Waals surface area contributed by atoms with E-state index >= 15 is 0 Å². The molecule has 7 atom stereocenters. The molecule has 2 amide bonds. The molecule has 44 heavy (non-hydrogen) atoms. The van der Waals surface area contributed by atoms with E-state index in [2.05, 4.69) is 12.2 Å². The first-order chi connectivity index (χ1) is 21.3. The number of carbonyl (C=O) groups excluding carboxylic acids is 5. The van der Waals surface area contributed by atoms with Crippen LogP contribution in [0.15, 0.2) is 91.0 Å². The van der Waals surface area contributed by atoms with Gasteiger partial charge in [-0.05, 0) is 79.0 Å². The van der Waals surface area contributed by atoms with E-state index in [4.69, 9.17) is 9.47 Å². The third-order valence-electron chi connectivity index (χ3n) is 9.57. The molecule has 0 spiro atoms. The first-order valence-electron chi connectivity index (χ1n) is 15.0. The van der Waals surface area contributed by atoms with Gasteiger partial charge in [0.25, 0.3) is 0 Å². The Kier molecular flexibility index (Phi) is 6.99. The van der Waals surface area contributed by atoms with Crippen LogP contribution >= 0.6 is 0 Å². The lowest BCUT2D eigenvalue weighted by molar-refractivity contribution is -0.158. The molecule has 0 aromatic heterocycles. The average molecular weight is 590 g/mol. The van der Waals surface area contributed by atoms with E-state index in [1.54, 1.807) is 12.1 Å². The second kappa shape index (κ2) is 11.0. The molecular formula is C36H31NO7. The zero-order chi connectivity index (χ0) is 30.5. The molecule has 8 rings (SSSR count). The van der Waals surface area contributed by atoms with Gasteiger partial charge in [0.05, 0.1) is 17.4 Å².